The minimum Gasteiger partial charge on any atom is -0.342 e. The number of fused-ring (bicyclic) bond motifs is 2. The lowest BCUT2D eigenvalue weighted by molar-refractivity contribution is -0.131. The van der Waals surface area contributed by atoms with Gasteiger partial charge in [0.15, 0.2) is 11.6 Å². The molecular weight excluding hydrogens is 310 g/mol. The maximum atomic E-state index is 13.5. The molecule has 3 aliphatic rings. The molecule has 2 fully saturated rings. The lowest BCUT2D eigenvalue weighted by Crippen LogP contribution is -2.39. The maximum absolute atomic E-state index is 13.5. The molecule has 5 heteroatoms. The molecule has 0 spiro atoms. The van der Waals surface area contributed by atoms with E-state index in [0.717, 1.165) is 30.6 Å². The van der Waals surface area contributed by atoms with E-state index in [2.05, 4.69) is 13.8 Å². The largest absolute Gasteiger partial charge is 0.342 e. The van der Waals surface area contributed by atoms with E-state index in [1.165, 1.54) is 12.1 Å². The first kappa shape index (κ1) is 16.0. The van der Waals surface area contributed by atoms with Crippen LogP contribution in [0.25, 0.3) is 0 Å². The number of likely N-dealkylation sites (tertiary alicyclic amines) is 1. The Labute approximate surface area is 141 Å². The summed E-state index contributed by atoms with van der Waals surface area (Å²) in [5.74, 6) is -0.350. The average Bonchev–Trinajstić information content (AvgIpc) is 2.95. The van der Waals surface area contributed by atoms with Crippen LogP contribution in [-0.2, 0) is 11.2 Å². The number of carbonyl (C=O) groups excluding carboxylic acids is 1. The van der Waals surface area contributed by atoms with Gasteiger partial charge in [-0.2, -0.15) is 0 Å². The quantitative estimate of drug-likeness (QED) is 0.924. The predicted octanol–water partition coefficient (Wildman–Crippen LogP) is 2.83. The Bertz CT molecular complexity index is 689. The Kier molecular flexibility index (Phi) is 3.50. The van der Waals surface area contributed by atoms with Crippen molar-refractivity contribution in [2.24, 2.45) is 23.0 Å². The van der Waals surface area contributed by atoms with Gasteiger partial charge in [0.05, 0.1) is 0 Å². The fraction of sp³-hybridized carbons (Fsp3) is 0.632. The van der Waals surface area contributed by atoms with Gasteiger partial charge in [-0.3, -0.25) is 4.79 Å². The van der Waals surface area contributed by atoms with E-state index < -0.39 is 11.6 Å². The number of rotatable bonds is 3. The number of hydrogen-bond donors (Lipinski definition) is 1. The minimum absolute atomic E-state index is 0.0624. The second-order valence-corrected chi connectivity index (χ2v) is 8.31. The van der Waals surface area contributed by atoms with Gasteiger partial charge in [-0.25, -0.2) is 8.78 Å². The molecule has 2 N–H and O–H groups in total. The predicted molar refractivity (Wildman–Crippen MR) is 87.4 cm³/mol. The smallest absolute Gasteiger partial charge is 0.224 e. The zero-order chi connectivity index (χ0) is 17.2. The van der Waals surface area contributed by atoms with Crippen LogP contribution in [0.2, 0.25) is 0 Å². The molecule has 1 saturated carbocycles. The second kappa shape index (κ2) is 5.25. The molecule has 1 saturated heterocycles. The van der Waals surface area contributed by atoms with E-state index in [1.807, 2.05) is 4.90 Å². The van der Waals surface area contributed by atoms with Crippen molar-refractivity contribution in [2.75, 3.05) is 13.1 Å². The van der Waals surface area contributed by atoms with Crippen LogP contribution >= 0.6 is 0 Å². The van der Waals surface area contributed by atoms with Gasteiger partial charge in [-0.05, 0) is 53.4 Å². The lowest BCUT2D eigenvalue weighted by Gasteiger charge is -2.26. The zero-order valence-electron chi connectivity index (χ0n) is 14.2. The van der Waals surface area contributed by atoms with Gasteiger partial charge >= 0.3 is 0 Å². The summed E-state index contributed by atoms with van der Waals surface area (Å²) in [7, 11) is 0. The van der Waals surface area contributed by atoms with Crippen molar-refractivity contribution >= 4 is 5.91 Å². The molecule has 1 heterocycles. The van der Waals surface area contributed by atoms with Gasteiger partial charge in [-0.15, -0.1) is 0 Å². The Morgan fingerprint density at radius 2 is 1.92 bits per heavy atom. The van der Waals surface area contributed by atoms with E-state index in [9.17, 15) is 13.6 Å². The van der Waals surface area contributed by atoms with Crippen molar-refractivity contribution < 1.29 is 13.6 Å². The summed E-state index contributed by atoms with van der Waals surface area (Å²) >= 11 is 0. The monoisotopic (exact) mass is 334 g/mol. The first-order chi connectivity index (χ1) is 11.3. The van der Waals surface area contributed by atoms with E-state index in [-0.39, 0.29) is 24.3 Å². The topological polar surface area (TPSA) is 46.3 Å². The van der Waals surface area contributed by atoms with Crippen molar-refractivity contribution in [3.63, 3.8) is 0 Å². The second-order valence-electron chi connectivity index (χ2n) is 8.31. The molecule has 1 aromatic rings. The third-order valence-corrected chi connectivity index (χ3v) is 6.71. The molecule has 24 heavy (non-hydrogen) atoms. The number of carbonyl (C=O) groups is 1. The van der Waals surface area contributed by atoms with Crippen LogP contribution in [0.5, 0.6) is 0 Å². The summed E-state index contributed by atoms with van der Waals surface area (Å²) in [4.78, 5) is 14.5. The van der Waals surface area contributed by atoms with Gasteiger partial charge in [0.2, 0.25) is 5.91 Å². The van der Waals surface area contributed by atoms with Crippen LogP contribution < -0.4 is 5.73 Å². The molecule has 2 aliphatic carbocycles. The molecule has 1 aromatic carbocycles. The molecule has 0 radical (unpaired) electrons. The average molecular weight is 334 g/mol. The van der Waals surface area contributed by atoms with Crippen LogP contribution in [0.1, 0.15) is 43.7 Å². The summed E-state index contributed by atoms with van der Waals surface area (Å²) < 4.78 is 26.9. The standard InChI is InChI=1S/C19H24F2N2O/c1-19(2)13-8-23(9-14(13)19)18(24)7-17(22)11-4-3-10-5-15(20)16(21)6-12(10)11/h5-6,11,13-14,17H,3-4,7-9,22H2,1-2H3. The normalized spacial score (nSPS) is 30.9. The Hall–Kier alpha value is -1.49. The number of benzene rings is 1. The fourth-order valence-electron chi connectivity index (χ4n) is 4.88. The van der Waals surface area contributed by atoms with Crippen LogP contribution in [0.3, 0.4) is 0 Å². The highest BCUT2D eigenvalue weighted by atomic mass is 19.2. The Morgan fingerprint density at radius 3 is 2.58 bits per heavy atom. The summed E-state index contributed by atoms with van der Waals surface area (Å²) in [5.41, 5.74) is 8.27. The highest BCUT2D eigenvalue weighted by molar-refractivity contribution is 5.77. The van der Waals surface area contributed by atoms with Gasteiger partial charge in [0.1, 0.15) is 0 Å². The number of nitrogens with zero attached hydrogens (tertiary/aromatic N) is 1. The summed E-state index contributed by atoms with van der Waals surface area (Å²) in [5, 5.41) is 0. The van der Waals surface area contributed by atoms with E-state index in [0.29, 0.717) is 23.7 Å². The first-order valence-electron chi connectivity index (χ1n) is 8.80. The van der Waals surface area contributed by atoms with E-state index in [1.54, 1.807) is 0 Å². The van der Waals surface area contributed by atoms with Gasteiger partial charge < -0.3 is 10.6 Å². The molecular formula is C19H24F2N2O. The number of nitrogens with two attached hydrogens (primary N) is 1. The van der Waals surface area contributed by atoms with Crippen LogP contribution in [0.15, 0.2) is 12.1 Å². The molecule has 130 valence electrons. The van der Waals surface area contributed by atoms with Gasteiger partial charge in [-0.1, -0.05) is 13.8 Å². The fourth-order valence-corrected chi connectivity index (χ4v) is 4.88. The Morgan fingerprint density at radius 1 is 1.29 bits per heavy atom. The van der Waals surface area contributed by atoms with Crippen molar-refractivity contribution in [3.05, 3.63) is 34.9 Å². The van der Waals surface area contributed by atoms with Crippen LogP contribution in [-0.4, -0.2) is 29.9 Å². The van der Waals surface area contributed by atoms with E-state index in [4.69, 9.17) is 5.73 Å². The molecule has 4 unspecified atom stereocenters. The number of aryl methyl sites for hydroxylation is 1. The van der Waals surface area contributed by atoms with E-state index >= 15 is 0 Å². The van der Waals surface area contributed by atoms with Gasteiger partial charge in [0, 0.05) is 31.5 Å². The van der Waals surface area contributed by atoms with Crippen LogP contribution in [0, 0.1) is 28.9 Å². The van der Waals surface area contributed by atoms with Gasteiger partial charge in [0.25, 0.3) is 0 Å². The summed E-state index contributed by atoms with van der Waals surface area (Å²) in [6, 6.07) is 2.20. The summed E-state index contributed by atoms with van der Waals surface area (Å²) in [6.07, 6.45) is 1.73. The zero-order valence-corrected chi connectivity index (χ0v) is 14.2. The molecule has 4 rings (SSSR count). The molecule has 1 amide bonds. The summed E-state index contributed by atoms with van der Waals surface area (Å²) in [6.45, 7) is 6.20. The number of piperidine rings is 1. The highest BCUT2D eigenvalue weighted by Gasteiger charge is 2.62. The number of amides is 1. The first-order valence-corrected chi connectivity index (χ1v) is 8.80. The molecule has 0 bridgehead atoms. The maximum Gasteiger partial charge on any atom is 0.224 e. The third kappa shape index (κ3) is 2.36. The molecule has 1 aliphatic heterocycles. The Balaban J connectivity index is 1.41. The number of halogens is 2. The molecule has 0 aromatic heterocycles. The van der Waals surface area contributed by atoms with Crippen molar-refractivity contribution in [2.45, 2.75) is 45.1 Å². The van der Waals surface area contributed by atoms with Crippen molar-refractivity contribution in [3.8, 4) is 0 Å². The lowest BCUT2D eigenvalue weighted by atomic mass is 9.91. The van der Waals surface area contributed by atoms with Crippen molar-refractivity contribution in [1.82, 2.24) is 4.90 Å². The number of hydrogen-bond acceptors (Lipinski definition) is 2. The molecule has 4 atom stereocenters. The van der Waals surface area contributed by atoms with Crippen molar-refractivity contribution in [1.29, 1.82) is 0 Å². The SMILES string of the molecule is CC1(C)C2CN(C(=O)CC(N)C3CCc4cc(F)c(F)cc43)CC21. The third-order valence-electron chi connectivity index (χ3n) is 6.71. The minimum atomic E-state index is -0.832. The highest BCUT2D eigenvalue weighted by Crippen LogP contribution is 2.62. The van der Waals surface area contributed by atoms with Crippen LogP contribution in [0.4, 0.5) is 8.78 Å². The molecule has 3 nitrogen and oxygen atoms in total.